The molecule has 0 spiro atoms. The van der Waals surface area contributed by atoms with Crippen LogP contribution in [0, 0.1) is 13.8 Å². The lowest BCUT2D eigenvalue weighted by Crippen LogP contribution is -1.95. The lowest BCUT2D eigenvalue weighted by Gasteiger charge is -1.98. The molecule has 0 atom stereocenters. The van der Waals surface area contributed by atoms with Gasteiger partial charge in [-0.3, -0.25) is 4.79 Å². The van der Waals surface area contributed by atoms with E-state index in [0.29, 0.717) is 18.6 Å². The minimum absolute atomic E-state index is 0.157. The van der Waals surface area contributed by atoms with Crippen molar-refractivity contribution in [3.63, 3.8) is 0 Å². The molecule has 5 nitrogen and oxygen atoms in total. The minimum Gasteiger partial charge on any atom is -0.481 e. The molecule has 0 aromatic carbocycles. The molecule has 0 radical (unpaired) electrons. The third-order valence-corrected chi connectivity index (χ3v) is 3.01. The van der Waals surface area contributed by atoms with Crippen molar-refractivity contribution in [3.05, 3.63) is 28.7 Å². The second kappa shape index (κ2) is 6.78. The van der Waals surface area contributed by atoms with Crippen LogP contribution in [0.1, 0.15) is 41.9 Å². The third kappa shape index (κ3) is 4.62. The molecule has 1 aromatic rings. The van der Waals surface area contributed by atoms with Crippen LogP contribution in [-0.4, -0.2) is 22.2 Å². The van der Waals surface area contributed by atoms with Gasteiger partial charge in [-0.15, -0.1) is 0 Å². The molecule has 0 bridgehead atoms. The number of aliphatic carboxylic acids is 2. The molecular weight excluding hydrogens is 248 g/mol. The van der Waals surface area contributed by atoms with E-state index in [-0.39, 0.29) is 6.42 Å². The van der Waals surface area contributed by atoms with E-state index in [1.54, 1.807) is 0 Å². The molecule has 0 fully saturated rings. The number of hydrogen-bond donors (Lipinski definition) is 2. The largest absolute Gasteiger partial charge is 0.481 e. The Kier molecular flexibility index (Phi) is 5.36. The Morgan fingerprint density at radius 1 is 1.16 bits per heavy atom. The first-order chi connectivity index (χ1) is 8.91. The van der Waals surface area contributed by atoms with Gasteiger partial charge >= 0.3 is 11.9 Å². The SMILES string of the molecule is Cc1c(/C=C/C(=O)O)oc(CCCCC(=O)O)c1C. The van der Waals surface area contributed by atoms with E-state index in [2.05, 4.69) is 0 Å². The van der Waals surface area contributed by atoms with Crippen molar-refractivity contribution in [3.8, 4) is 0 Å². The standard InChI is InChI=1S/C14H18O5/c1-9-10(2)12(7-8-14(17)18)19-11(9)5-3-4-6-13(15)16/h7-8H,3-6H2,1-2H3,(H,15,16)(H,17,18)/b8-7+. The van der Waals surface area contributed by atoms with Crippen LogP contribution in [0.4, 0.5) is 0 Å². The Balaban J connectivity index is 2.67. The van der Waals surface area contributed by atoms with Crippen LogP contribution in [0.25, 0.3) is 6.08 Å². The van der Waals surface area contributed by atoms with E-state index in [9.17, 15) is 9.59 Å². The topological polar surface area (TPSA) is 87.7 Å². The van der Waals surface area contributed by atoms with Gasteiger partial charge in [0.15, 0.2) is 0 Å². The zero-order valence-electron chi connectivity index (χ0n) is 11.1. The van der Waals surface area contributed by atoms with Gasteiger partial charge < -0.3 is 14.6 Å². The molecule has 0 saturated heterocycles. The summed E-state index contributed by atoms with van der Waals surface area (Å²) in [5.74, 6) is -0.463. The Bertz CT molecular complexity index is 496. The summed E-state index contributed by atoms with van der Waals surface area (Å²) < 4.78 is 5.61. The maximum Gasteiger partial charge on any atom is 0.328 e. The molecule has 0 aliphatic rings. The maximum atomic E-state index is 10.5. The second-order valence-electron chi connectivity index (χ2n) is 4.41. The van der Waals surface area contributed by atoms with Crippen LogP contribution in [0.2, 0.25) is 0 Å². The summed E-state index contributed by atoms with van der Waals surface area (Å²) in [5.41, 5.74) is 1.92. The van der Waals surface area contributed by atoms with Crippen molar-refractivity contribution >= 4 is 18.0 Å². The monoisotopic (exact) mass is 266 g/mol. The molecule has 5 heteroatoms. The van der Waals surface area contributed by atoms with Gasteiger partial charge in [0.05, 0.1) is 0 Å². The van der Waals surface area contributed by atoms with Gasteiger partial charge in [0.25, 0.3) is 0 Å². The quantitative estimate of drug-likeness (QED) is 0.585. The highest BCUT2D eigenvalue weighted by Gasteiger charge is 2.11. The van der Waals surface area contributed by atoms with Crippen molar-refractivity contribution in [2.24, 2.45) is 0 Å². The summed E-state index contributed by atoms with van der Waals surface area (Å²) in [6.07, 6.45) is 4.65. The number of hydrogen-bond acceptors (Lipinski definition) is 3. The predicted molar refractivity (Wildman–Crippen MR) is 70.0 cm³/mol. The second-order valence-corrected chi connectivity index (χ2v) is 4.41. The van der Waals surface area contributed by atoms with E-state index < -0.39 is 11.9 Å². The molecular formula is C14H18O5. The first kappa shape index (κ1) is 15.0. The van der Waals surface area contributed by atoms with Crippen LogP contribution in [0.15, 0.2) is 10.5 Å². The number of carbonyl (C=O) groups is 2. The summed E-state index contributed by atoms with van der Waals surface area (Å²) in [6, 6.07) is 0. The van der Waals surface area contributed by atoms with Crippen molar-refractivity contribution in [1.82, 2.24) is 0 Å². The minimum atomic E-state index is -1.02. The van der Waals surface area contributed by atoms with Gasteiger partial charge in [0, 0.05) is 18.9 Å². The number of aryl methyl sites for hydroxylation is 1. The van der Waals surface area contributed by atoms with Gasteiger partial charge in [0.1, 0.15) is 11.5 Å². The first-order valence-corrected chi connectivity index (χ1v) is 6.13. The first-order valence-electron chi connectivity index (χ1n) is 6.13. The molecule has 0 aliphatic carbocycles. The van der Waals surface area contributed by atoms with Crippen LogP contribution >= 0.6 is 0 Å². The number of furan rings is 1. The van der Waals surface area contributed by atoms with Gasteiger partial charge in [-0.2, -0.15) is 0 Å². The highest BCUT2D eigenvalue weighted by Crippen LogP contribution is 2.24. The van der Waals surface area contributed by atoms with Crippen molar-refractivity contribution in [1.29, 1.82) is 0 Å². The molecule has 19 heavy (non-hydrogen) atoms. The molecule has 1 aromatic heterocycles. The van der Waals surface area contributed by atoms with E-state index >= 15 is 0 Å². The van der Waals surface area contributed by atoms with Crippen LogP contribution in [-0.2, 0) is 16.0 Å². The Hall–Kier alpha value is -2.04. The molecule has 0 unspecified atom stereocenters. The summed E-state index contributed by atoms with van der Waals surface area (Å²) in [7, 11) is 0. The molecule has 1 heterocycles. The fourth-order valence-corrected chi connectivity index (χ4v) is 1.79. The van der Waals surface area contributed by atoms with E-state index in [0.717, 1.165) is 29.4 Å². The molecule has 1 rings (SSSR count). The molecule has 2 N–H and O–H groups in total. The van der Waals surface area contributed by atoms with Crippen LogP contribution < -0.4 is 0 Å². The van der Waals surface area contributed by atoms with Crippen molar-refractivity contribution < 1.29 is 24.2 Å². The molecule has 104 valence electrons. The highest BCUT2D eigenvalue weighted by molar-refractivity contribution is 5.85. The van der Waals surface area contributed by atoms with Crippen molar-refractivity contribution in [2.75, 3.05) is 0 Å². The van der Waals surface area contributed by atoms with Crippen molar-refractivity contribution in [2.45, 2.75) is 39.5 Å². The average molecular weight is 266 g/mol. The lowest BCUT2D eigenvalue weighted by molar-refractivity contribution is -0.137. The Morgan fingerprint density at radius 3 is 2.42 bits per heavy atom. The van der Waals surface area contributed by atoms with Gasteiger partial charge in [-0.1, -0.05) is 0 Å². The smallest absolute Gasteiger partial charge is 0.328 e. The number of carboxylic acids is 2. The van der Waals surface area contributed by atoms with Gasteiger partial charge in [-0.25, -0.2) is 4.79 Å². The zero-order valence-corrected chi connectivity index (χ0v) is 11.1. The van der Waals surface area contributed by atoms with Gasteiger partial charge in [-0.05, 0) is 43.9 Å². The van der Waals surface area contributed by atoms with Crippen LogP contribution in [0.5, 0.6) is 0 Å². The Labute approximate surface area is 111 Å². The average Bonchev–Trinajstić information content (AvgIpc) is 2.59. The maximum absolute atomic E-state index is 10.5. The fraction of sp³-hybridized carbons (Fsp3) is 0.429. The zero-order chi connectivity index (χ0) is 14.4. The lowest BCUT2D eigenvalue weighted by atomic mass is 10.1. The fourth-order valence-electron chi connectivity index (χ4n) is 1.79. The van der Waals surface area contributed by atoms with Crippen LogP contribution in [0.3, 0.4) is 0 Å². The summed E-state index contributed by atoms with van der Waals surface area (Å²) >= 11 is 0. The van der Waals surface area contributed by atoms with E-state index in [1.807, 2.05) is 13.8 Å². The summed E-state index contributed by atoms with van der Waals surface area (Å²) in [5, 5.41) is 17.1. The molecule has 0 saturated carbocycles. The van der Waals surface area contributed by atoms with E-state index in [1.165, 1.54) is 6.08 Å². The summed E-state index contributed by atoms with van der Waals surface area (Å²) in [4.78, 5) is 20.9. The number of rotatable bonds is 7. The van der Waals surface area contributed by atoms with E-state index in [4.69, 9.17) is 14.6 Å². The number of carboxylic acid groups (broad SMARTS) is 2. The summed E-state index contributed by atoms with van der Waals surface area (Å²) in [6.45, 7) is 3.80. The third-order valence-electron chi connectivity index (χ3n) is 3.01. The molecule has 0 aliphatic heterocycles. The Morgan fingerprint density at radius 2 is 1.84 bits per heavy atom. The van der Waals surface area contributed by atoms with Gasteiger partial charge in [0.2, 0.25) is 0 Å². The highest BCUT2D eigenvalue weighted by atomic mass is 16.4. The predicted octanol–water partition coefficient (Wildman–Crippen LogP) is 2.79. The normalized spacial score (nSPS) is 11.1. The molecule has 0 amide bonds. The number of unbranched alkanes of at least 4 members (excludes halogenated alkanes) is 1.